The standard InChI is InChI=1S/C24H30N8/c1-2-20-23-29-26-16-31(23)21-15-25-24(28-22(21)32(20)19-7-3-4-8-19)27-17-9-11-18(12-10-17)30-13-5-6-14-30/h9-12,15-16,19-20H,2-8,13-14H2,1H3,(H,25,27,28)/t20-/m1/s1. The van der Waals surface area contributed by atoms with E-state index < -0.39 is 0 Å². The van der Waals surface area contributed by atoms with Gasteiger partial charge in [0.25, 0.3) is 0 Å². The van der Waals surface area contributed by atoms with Crippen molar-refractivity contribution in [3.63, 3.8) is 0 Å². The lowest BCUT2D eigenvalue weighted by Crippen LogP contribution is -2.42. The van der Waals surface area contributed by atoms with Gasteiger partial charge in [-0.25, -0.2) is 4.98 Å². The molecule has 1 aromatic carbocycles. The number of nitrogens with zero attached hydrogens (tertiary/aromatic N) is 7. The summed E-state index contributed by atoms with van der Waals surface area (Å²) in [4.78, 5) is 14.6. The van der Waals surface area contributed by atoms with Crippen LogP contribution in [0, 0.1) is 0 Å². The molecule has 166 valence electrons. The second-order valence-electron chi connectivity index (χ2n) is 9.10. The highest BCUT2D eigenvalue weighted by Crippen LogP contribution is 2.42. The Labute approximate surface area is 188 Å². The van der Waals surface area contributed by atoms with Crippen molar-refractivity contribution < 1.29 is 0 Å². The molecule has 1 N–H and O–H groups in total. The van der Waals surface area contributed by atoms with Gasteiger partial charge in [-0.15, -0.1) is 10.2 Å². The fraction of sp³-hybridized carbons (Fsp3) is 0.500. The maximum atomic E-state index is 5.03. The highest BCUT2D eigenvalue weighted by Gasteiger charge is 2.38. The molecule has 6 rings (SSSR count). The summed E-state index contributed by atoms with van der Waals surface area (Å²) in [6, 6.07) is 9.30. The molecule has 2 fully saturated rings. The summed E-state index contributed by atoms with van der Waals surface area (Å²) in [5.41, 5.74) is 3.27. The van der Waals surface area contributed by atoms with E-state index in [1.807, 2.05) is 6.20 Å². The Kier molecular flexibility index (Phi) is 4.92. The molecule has 0 spiro atoms. The van der Waals surface area contributed by atoms with Gasteiger partial charge in [-0.3, -0.25) is 4.57 Å². The second-order valence-corrected chi connectivity index (χ2v) is 9.10. The number of fused-ring (bicyclic) bond motifs is 3. The zero-order valence-corrected chi connectivity index (χ0v) is 18.6. The molecule has 1 atom stereocenters. The molecule has 32 heavy (non-hydrogen) atoms. The molecule has 8 nitrogen and oxygen atoms in total. The minimum atomic E-state index is 0.190. The van der Waals surface area contributed by atoms with E-state index in [0.717, 1.165) is 42.5 Å². The molecular weight excluding hydrogens is 400 g/mol. The minimum absolute atomic E-state index is 0.190. The lowest BCUT2D eigenvalue weighted by atomic mass is 10.0. The molecule has 2 aliphatic heterocycles. The predicted molar refractivity (Wildman–Crippen MR) is 126 cm³/mol. The van der Waals surface area contributed by atoms with Gasteiger partial charge in [0, 0.05) is 30.5 Å². The third-order valence-electron chi connectivity index (χ3n) is 7.16. The molecule has 3 aliphatic rings. The zero-order chi connectivity index (χ0) is 21.5. The summed E-state index contributed by atoms with van der Waals surface area (Å²) in [6.07, 6.45) is 12.2. The Hall–Kier alpha value is -3.16. The summed E-state index contributed by atoms with van der Waals surface area (Å²) < 4.78 is 2.06. The number of anilines is 4. The van der Waals surface area contributed by atoms with Crippen LogP contribution >= 0.6 is 0 Å². The van der Waals surface area contributed by atoms with Crippen LogP contribution in [0.3, 0.4) is 0 Å². The number of benzene rings is 1. The van der Waals surface area contributed by atoms with Gasteiger partial charge in [0.2, 0.25) is 5.95 Å². The second kappa shape index (κ2) is 8.07. The summed E-state index contributed by atoms with van der Waals surface area (Å²) in [6.45, 7) is 4.53. The molecule has 4 heterocycles. The Morgan fingerprint density at radius 2 is 1.81 bits per heavy atom. The molecular formula is C24H30N8. The van der Waals surface area contributed by atoms with Crippen LogP contribution in [0.2, 0.25) is 0 Å². The van der Waals surface area contributed by atoms with E-state index >= 15 is 0 Å². The maximum absolute atomic E-state index is 5.03. The van der Waals surface area contributed by atoms with Crippen molar-refractivity contribution in [1.29, 1.82) is 0 Å². The summed E-state index contributed by atoms with van der Waals surface area (Å²) >= 11 is 0. The fourth-order valence-electron chi connectivity index (χ4n) is 5.56. The topological polar surface area (TPSA) is 75.0 Å². The lowest BCUT2D eigenvalue weighted by molar-refractivity contribution is 0.469. The molecule has 2 aromatic heterocycles. The van der Waals surface area contributed by atoms with Gasteiger partial charge >= 0.3 is 0 Å². The molecule has 1 saturated carbocycles. The Morgan fingerprint density at radius 3 is 2.56 bits per heavy atom. The lowest BCUT2D eigenvalue weighted by Gasteiger charge is -2.40. The molecule has 0 bridgehead atoms. The van der Waals surface area contributed by atoms with Crippen LogP contribution < -0.4 is 15.1 Å². The Balaban J connectivity index is 1.33. The molecule has 0 unspecified atom stereocenters. The van der Waals surface area contributed by atoms with Crippen molar-refractivity contribution in [2.45, 2.75) is 64.0 Å². The Morgan fingerprint density at radius 1 is 1.03 bits per heavy atom. The molecule has 8 heteroatoms. The largest absolute Gasteiger partial charge is 0.372 e. The van der Waals surface area contributed by atoms with Gasteiger partial charge in [0.05, 0.1) is 12.2 Å². The van der Waals surface area contributed by atoms with E-state index in [1.165, 1.54) is 44.2 Å². The molecule has 0 radical (unpaired) electrons. The van der Waals surface area contributed by atoms with Gasteiger partial charge in [0.1, 0.15) is 12.0 Å². The number of rotatable bonds is 5. The molecule has 1 saturated heterocycles. The van der Waals surface area contributed by atoms with Gasteiger partial charge in [-0.2, -0.15) is 4.98 Å². The van der Waals surface area contributed by atoms with Crippen LogP contribution in [0.5, 0.6) is 0 Å². The summed E-state index contributed by atoms with van der Waals surface area (Å²) in [5, 5.41) is 12.1. The average Bonchev–Trinajstić information content (AvgIpc) is 3.61. The number of hydrogen-bond acceptors (Lipinski definition) is 7. The minimum Gasteiger partial charge on any atom is -0.372 e. The van der Waals surface area contributed by atoms with Crippen LogP contribution in [-0.4, -0.2) is 43.9 Å². The first-order valence-corrected chi connectivity index (χ1v) is 12.0. The first-order valence-electron chi connectivity index (χ1n) is 12.0. The van der Waals surface area contributed by atoms with Crippen LogP contribution in [0.25, 0.3) is 5.69 Å². The van der Waals surface area contributed by atoms with Crippen LogP contribution in [-0.2, 0) is 0 Å². The fourth-order valence-corrected chi connectivity index (χ4v) is 5.56. The highest BCUT2D eigenvalue weighted by molar-refractivity contribution is 5.66. The SMILES string of the molecule is CC[C@@H]1c2nncn2-c2cnc(Nc3ccc(N4CCCC4)cc3)nc2N1C1CCCC1. The molecule has 3 aromatic rings. The van der Waals surface area contributed by atoms with Crippen LogP contribution in [0.1, 0.15) is 63.7 Å². The molecule has 0 amide bonds. The van der Waals surface area contributed by atoms with Crippen molar-refractivity contribution in [1.82, 2.24) is 24.7 Å². The zero-order valence-electron chi connectivity index (χ0n) is 18.6. The van der Waals surface area contributed by atoms with E-state index in [-0.39, 0.29) is 6.04 Å². The van der Waals surface area contributed by atoms with Gasteiger partial charge in [-0.1, -0.05) is 19.8 Å². The van der Waals surface area contributed by atoms with Gasteiger partial charge in [-0.05, 0) is 56.4 Å². The van der Waals surface area contributed by atoms with Crippen LogP contribution in [0.15, 0.2) is 36.8 Å². The van der Waals surface area contributed by atoms with Crippen molar-refractivity contribution in [3.05, 3.63) is 42.6 Å². The highest BCUT2D eigenvalue weighted by atomic mass is 15.4. The van der Waals surface area contributed by atoms with Gasteiger partial charge in [0.15, 0.2) is 11.6 Å². The maximum Gasteiger partial charge on any atom is 0.229 e. The smallest absolute Gasteiger partial charge is 0.229 e. The number of aromatic nitrogens is 5. The summed E-state index contributed by atoms with van der Waals surface area (Å²) in [7, 11) is 0. The van der Waals surface area contributed by atoms with E-state index in [4.69, 9.17) is 4.98 Å². The number of nitrogens with one attached hydrogen (secondary N) is 1. The average molecular weight is 431 g/mol. The third kappa shape index (κ3) is 3.29. The van der Waals surface area contributed by atoms with E-state index in [9.17, 15) is 0 Å². The normalized spacial score (nSPS) is 20.5. The quantitative estimate of drug-likeness (QED) is 0.633. The third-order valence-corrected chi connectivity index (χ3v) is 7.16. The van der Waals surface area contributed by atoms with Gasteiger partial charge < -0.3 is 15.1 Å². The van der Waals surface area contributed by atoms with E-state index in [1.54, 1.807) is 6.33 Å². The monoisotopic (exact) mass is 430 g/mol. The van der Waals surface area contributed by atoms with Crippen molar-refractivity contribution in [3.8, 4) is 5.69 Å². The van der Waals surface area contributed by atoms with E-state index in [0.29, 0.717) is 12.0 Å². The predicted octanol–water partition coefficient (Wildman–Crippen LogP) is 4.61. The number of hydrogen-bond donors (Lipinski definition) is 1. The van der Waals surface area contributed by atoms with Crippen LogP contribution in [0.4, 0.5) is 23.1 Å². The first kappa shape index (κ1) is 19.5. The summed E-state index contributed by atoms with van der Waals surface area (Å²) in [5.74, 6) is 2.61. The van der Waals surface area contributed by atoms with E-state index in [2.05, 4.69) is 66.1 Å². The first-order chi connectivity index (χ1) is 15.8. The molecule has 1 aliphatic carbocycles. The van der Waals surface area contributed by atoms with Crippen molar-refractivity contribution in [2.24, 2.45) is 0 Å². The Bertz CT molecular complexity index is 1080. The van der Waals surface area contributed by atoms with Crippen molar-refractivity contribution in [2.75, 3.05) is 28.2 Å². The van der Waals surface area contributed by atoms with Crippen molar-refractivity contribution >= 4 is 23.1 Å².